The molecular weight excluding hydrogens is 388 g/mol. The molecule has 1 aromatic heterocycles. The molecule has 0 fully saturated rings. The average Bonchev–Trinajstić information content (AvgIpc) is 2.65. The molecule has 0 aliphatic carbocycles. The van der Waals surface area contributed by atoms with E-state index in [1.54, 1.807) is 30.3 Å². The third kappa shape index (κ3) is 4.15. The molecule has 0 bridgehead atoms. The fraction of sp³-hybridized carbons (Fsp3) is 0.105. The van der Waals surface area contributed by atoms with Gasteiger partial charge in [0.05, 0.1) is 0 Å². The van der Waals surface area contributed by atoms with E-state index in [1.807, 2.05) is 18.2 Å². The van der Waals surface area contributed by atoms with E-state index in [4.69, 9.17) is 16.7 Å². The van der Waals surface area contributed by atoms with Crippen LogP contribution in [0.15, 0.2) is 58.5 Å². The lowest BCUT2D eigenvalue weighted by atomic mass is 10.1. The summed E-state index contributed by atoms with van der Waals surface area (Å²) < 4.78 is 0. The fourth-order valence-corrected chi connectivity index (χ4v) is 3.44. The van der Waals surface area contributed by atoms with Gasteiger partial charge in [0.15, 0.2) is 11.4 Å². The van der Waals surface area contributed by atoms with E-state index in [9.17, 15) is 14.7 Å². The standard InChI is InChI=1S/C19H15ClN2O4S/c1-10(19(25)26)21-17(24)15-16(23)13-4-2-3-5-14(13)18(22-15)27-12-8-6-11(20)7-9-12/h2-10,23H,1H3,(H,21,24)(H,25,26). The Kier molecular flexibility index (Phi) is 5.53. The molecule has 8 heteroatoms. The lowest BCUT2D eigenvalue weighted by Crippen LogP contribution is -2.38. The number of carboxylic acids is 1. The highest BCUT2D eigenvalue weighted by Crippen LogP contribution is 2.37. The first-order valence-electron chi connectivity index (χ1n) is 7.95. The maximum absolute atomic E-state index is 12.4. The SMILES string of the molecule is CC(NC(=O)c1nc(Sc2ccc(Cl)cc2)c2ccccc2c1O)C(=O)O. The highest BCUT2D eigenvalue weighted by molar-refractivity contribution is 7.99. The molecule has 0 radical (unpaired) electrons. The summed E-state index contributed by atoms with van der Waals surface area (Å²) in [6, 6.07) is 13.0. The Bertz CT molecular complexity index is 1020. The number of rotatable bonds is 5. The molecule has 3 aromatic rings. The largest absolute Gasteiger partial charge is 0.505 e. The maximum atomic E-state index is 12.4. The number of carbonyl (C=O) groups excluding carboxylic acids is 1. The summed E-state index contributed by atoms with van der Waals surface area (Å²) >= 11 is 7.23. The van der Waals surface area contributed by atoms with Gasteiger partial charge in [-0.3, -0.25) is 9.59 Å². The Balaban J connectivity index is 2.07. The zero-order valence-corrected chi connectivity index (χ0v) is 15.7. The van der Waals surface area contributed by atoms with Gasteiger partial charge in [0, 0.05) is 20.7 Å². The molecule has 6 nitrogen and oxygen atoms in total. The van der Waals surface area contributed by atoms with E-state index in [-0.39, 0.29) is 11.4 Å². The first kappa shape index (κ1) is 19.0. The predicted octanol–water partition coefficient (Wildman–Crippen LogP) is 3.95. The van der Waals surface area contributed by atoms with Crippen molar-refractivity contribution in [1.29, 1.82) is 0 Å². The van der Waals surface area contributed by atoms with E-state index in [0.29, 0.717) is 20.8 Å². The number of nitrogens with zero attached hydrogens (tertiary/aromatic N) is 1. The van der Waals surface area contributed by atoms with Crippen LogP contribution < -0.4 is 5.32 Å². The molecule has 0 saturated carbocycles. The quantitative estimate of drug-likeness (QED) is 0.597. The average molecular weight is 403 g/mol. The van der Waals surface area contributed by atoms with Crippen LogP contribution in [0.25, 0.3) is 10.8 Å². The summed E-state index contributed by atoms with van der Waals surface area (Å²) in [6.07, 6.45) is 0. The molecule has 0 aliphatic heterocycles. The molecule has 138 valence electrons. The Hall–Kier alpha value is -2.77. The summed E-state index contributed by atoms with van der Waals surface area (Å²) in [6.45, 7) is 1.34. The van der Waals surface area contributed by atoms with Crippen LogP contribution in [0, 0.1) is 0 Å². The molecule has 3 N–H and O–H groups in total. The Labute approximate surface area is 164 Å². The van der Waals surface area contributed by atoms with E-state index < -0.39 is 17.9 Å². The zero-order chi connectivity index (χ0) is 19.6. The van der Waals surface area contributed by atoms with Crippen LogP contribution in [0.2, 0.25) is 5.02 Å². The van der Waals surface area contributed by atoms with Gasteiger partial charge in [-0.25, -0.2) is 4.98 Å². The van der Waals surface area contributed by atoms with Gasteiger partial charge in [-0.1, -0.05) is 47.6 Å². The normalized spacial score (nSPS) is 11.9. The lowest BCUT2D eigenvalue weighted by Gasteiger charge is -2.13. The van der Waals surface area contributed by atoms with Gasteiger partial charge < -0.3 is 15.5 Å². The van der Waals surface area contributed by atoms with Crippen LogP contribution in [0.5, 0.6) is 5.75 Å². The van der Waals surface area contributed by atoms with Gasteiger partial charge in [0.1, 0.15) is 11.1 Å². The molecule has 1 heterocycles. The van der Waals surface area contributed by atoms with E-state index in [2.05, 4.69) is 10.3 Å². The second kappa shape index (κ2) is 7.85. The van der Waals surface area contributed by atoms with Crippen LogP contribution in [0.4, 0.5) is 0 Å². The molecule has 0 spiro atoms. The highest BCUT2D eigenvalue weighted by Gasteiger charge is 2.22. The van der Waals surface area contributed by atoms with Crippen molar-refractivity contribution in [3.05, 3.63) is 59.2 Å². The number of fused-ring (bicyclic) bond motifs is 1. The Morgan fingerprint density at radius 2 is 1.74 bits per heavy atom. The van der Waals surface area contributed by atoms with Crippen molar-refractivity contribution in [2.45, 2.75) is 22.9 Å². The smallest absolute Gasteiger partial charge is 0.325 e. The summed E-state index contributed by atoms with van der Waals surface area (Å²) in [5, 5.41) is 24.0. The van der Waals surface area contributed by atoms with Crippen molar-refractivity contribution in [3.8, 4) is 5.75 Å². The summed E-state index contributed by atoms with van der Waals surface area (Å²) in [4.78, 5) is 28.6. The minimum Gasteiger partial charge on any atom is -0.505 e. The number of aromatic hydroxyl groups is 1. The topological polar surface area (TPSA) is 99.5 Å². The Morgan fingerprint density at radius 1 is 1.11 bits per heavy atom. The zero-order valence-electron chi connectivity index (χ0n) is 14.1. The maximum Gasteiger partial charge on any atom is 0.325 e. The highest BCUT2D eigenvalue weighted by atomic mass is 35.5. The van der Waals surface area contributed by atoms with E-state index in [1.165, 1.54) is 18.7 Å². The summed E-state index contributed by atoms with van der Waals surface area (Å²) in [5.74, 6) is -2.23. The van der Waals surface area contributed by atoms with Gasteiger partial charge in [0.25, 0.3) is 5.91 Å². The number of nitrogens with one attached hydrogen (secondary N) is 1. The van der Waals surface area contributed by atoms with Crippen LogP contribution in [-0.2, 0) is 4.79 Å². The molecule has 0 saturated heterocycles. The number of hydrogen-bond acceptors (Lipinski definition) is 5. The molecule has 1 amide bonds. The third-order valence-electron chi connectivity index (χ3n) is 3.81. The van der Waals surface area contributed by atoms with Crippen molar-refractivity contribution in [2.24, 2.45) is 0 Å². The number of amides is 1. The first-order valence-corrected chi connectivity index (χ1v) is 9.15. The van der Waals surface area contributed by atoms with Gasteiger partial charge in [-0.15, -0.1) is 0 Å². The number of carbonyl (C=O) groups is 2. The molecule has 1 atom stereocenters. The fourth-order valence-electron chi connectivity index (χ4n) is 2.40. The third-order valence-corrected chi connectivity index (χ3v) is 5.08. The summed E-state index contributed by atoms with van der Waals surface area (Å²) in [5.41, 5.74) is -0.224. The molecule has 27 heavy (non-hydrogen) atoms. The van der Waals surface area contributed by atoms with Crippen LogP contribution in [0.1, 0.15) is 17.4 Å². The van der Waals surface area contributed by atoms with Crippen molar-refractivity contribution in [1.82, 2.24) is 10.3 Å². The predicted molar refractivity (Wildman–Crippen MR) is 104 cm³/mol. The van der Waals surface area contributed by atoms with Crippen molar-refractivity contribution in [2.75, 3.05) is 0 Å². The van der Waals surface area contributed by atoms with Crippen molar-refractivity contribution < 1.29 is 19.8 Å². The number of aliphatic carboxylic acids is 1. The summed E-state index contributed by atoms with van der Waals surface area (Å²) in [7, 11) is 0. The van der Waals surface area contributed by atoms with Crippen LogP contribution >= 0.6 is 23.4 Å². The van der Waals surface area contributed by atoms with Crippen LogP contribution in [-0.4, -0.2) is 33.1 Å². The van der Waals surface area contributed by atoms with Crippen molar-refractivity contribution in [3.63, 3.8) is 0 Å². The number of aromatic nitrogens is 1. The molecule has 3 rings (SSSR count). The van der Waals surface area contributed by atoms with E-state index >= 15 is 0 Å². The number of carboxylic acid groups (broad SMARTS) is 1. The molecular formula is C19H15ClN2O4S. The number of pyridine rings is 1. The Morgan fingerprint density at radius 3 is 2.37 bits per heavy atom. The van der Waals surface area contributed by atoms with E-state index in [0.717, 1.165) is 4.90 Å². The molecule has 2 aromatic carbocycles. The molecule has 0 aliphatic rings. The number of halogens is 1. The van der Waals surface area contributed by atoms with Crippen molar-refractivity contribution >= 4 is 46.0 Å². The van der Waals surface area contributed by atoms with Gasteiger partial charge in [-0.05, 0) is 31.2 Å². The number of hydrogen-bond donors (Lipinski definition) is 3. The van der Waals surface area contributed by atoms with Gasteiger partial charge in [0.2, 0.25) is 0 Å². The minimum absolute atomic E-state index is 0.224. The van der Waals surface area contributed by atoms with Gasteiger partial charge in [-0.2, -0.15) is 0 Å². The second-order valence-electron chi connectivity index (χ2n) is 5.75. The molecule has 1 unspecified atom stereocenters. The second-order valence-corrected chi connectivity index (χ2v) is 7.25. The van der Waals surface area contributed by atoms with Gasteiger partial charge >= 0.3 is 5.97 Å². The monoisotopic (exact) mass is 402 g/mol. The first-order chi connectivity index (χ1) is 12.9. The number of benzene rings is 2. The van der Waals surface area contributed by atoms with Crippen LogP contribution in [0.3, 0.4) is 0 Å². The minimum atomic E-state index is -1.18. The lowest BCUT2D eigenvalue weighted by molar-refractivity contribution is -0.138.